The Morgan fingerprint density at radius 2 is 1.50 bits per heavy atom. The molecule has 186 valence electrons. The van der Waals surface area contributed by atoms with Gasteiger partial charge in [-0.05, 0) is 76.1 Å². The van der Waals surface area contributed by atoms with E-state index in [-0.39, 0.29) is 19.0 Å². The first kappa shape index (κ1) is 28.0. The Bertz CT molecular complexity index is 1020. The summed E-state index contributed by atoms with van der Waals surface area (Å²) in [5.41, 5.74) is 1.44. The van der Waals surface area contributed by atoms with Crippen molar-refractivity contribution < 1.29 is 14.6 Å². The van der Waals surface area contributed by atoms with Crippen molar-refractivity contribution in [1.82, 2.24) is 4.90 Å². The first-order valence-corrected chi connectivity index (χ1v) is 12.0. The van der Waals surface area contributed by atoms with Crippen LogP contribution in [0.3, 0.4) is 0 Å². The SMILES string of the molecule is CC(C)N(CCOc1ccc(Cc2c(OCC(C)(C)O)ccc3ccccc23)cc1)C(C)C.Cl. The van der Waals surface area contributed by atoms with Crippen molar-refractivity contribution in [2.24, 2.45) is 0 Å². The lowest BCUT2D eigenvalue weighted by atomic mass is 9.97. The molecule has 4 nitrogen and oxygen atoms in total. The van der Waals surface area contributed by atoms with Gasteiger partial charge in [-0.25, -0.2) is 0 Å². The van der Waals surface area contributed by atoms with E-state index in [4.69, 9.17) is 9.47 Å². The minimum Gasteiger partial charge on any atom is -0.492 e. The van der Waals surface area contributed by atoms with Crippen LogP contribution in [0.1, 0.15) is 52.7 Å². The van der Waals surface area contributed by atoms with Gasteiger partial charge in [-0.15, -0.1) is 12.4 Å². The Labute approximate surface area is 211 Å². The topological polar surface area (TPSA) is 41.9 Å². The molecule has 0 aliphatic heterocycles. The van der Waals surface area contributed by atoms with E-state index in [0.717, 1.165) is 30.0 Å². The maximum absolute atomic E-state index is 10.1. The third kappa shape index (κ3) is 7.90. The van der Waals surface area contributed by atoms with Crippen LogP contribution < -0.4 is 9.47 Å². The molecule has 0 fully saturated rings. The van der Waals surface area contributed by atoms with Gasteiger partial charge in [0.15, 0.2) is 0 Å². The summed E-state index contributed by atoms with van der Waals surface area (Å²) in [6.07, 6.45) is 0.747. The fourth-order valence-electron chi connectivity index (χ4n) is 4.18. The van der Waals surface area contributed by atoms with Crippen LogP contribution >= 0.6 is 12.4 Å². The summed E-state index contributed by atoms with van der Waals surface area (Å²) in [5, 5.41) is 12.5. The van der Waals surface area contributed by atoms with E-state index < -0.39 is 5.60 Å². The molecule has 0 bridgehead atoms. The van der Waals surface area contributed by atoms with Crippen molar-refractivity contribution in [2.45, 2.75) is 65.6 Å². The normalized spacial score (nSPS) is 11.8. The van der Waals surface area contributed by atoms with Crippen LogP contribution in [-0.2, 0) is 6.42 Å². The van der Waals surface area contributed by atoms with Crippen molar-refractivity contribution in [3.8, 4) is 11.5 Å². The van der Waals surface area contributed by atoms with Crippen molar-refractivity contribution in [3.63, 3.8) is 0 Å². The van der Waals surface area contributed by atoms with Crippen LogP contribution in [0.5, 0.6) is 11.5 Å². The maximum Gasteiger partial charge on any atom is 0.123 e. The van der Waals surface area contributed by atoms with Gasteiger partial charge in [0, 0.05) is 30.6 Å². The molecular weight excluding hydrogens is 446 g/mol. The summed E-state index contributed by atoms with van der Waals surface area (Å²) in [6.45, 7) is 14.2. The lowest BCUT2D eigenvalue weighted by molar-refractivity contribution is 0.0282. The molecular formula is C29H40ClNO3. The number of hydrogen-bond acceptors (Lipinski definition) is 4. The summed E-state index contributed by atoms with van der Waals surface area (Å²) in [7, 11) is 0. The Kier molecular flexibility index (Phi) is 10.2. The molecule has 0 aliphatic carbocycles. The van der Waals surface area contributed by atoms with Gasteiger partial charge in [-0.1, -0.05) is 42.5 Å². The zero-order chi connectivity index (χ0) is 24.0. The number of halogens is 1. The van der Waals surface area contributed by atoms with E-state index >= 15 is 0 Å². The largest absolute Gasteiger partial charge is 0.492 e. The Morgan fingerprint density at radius 1 is 0.853 bits per heavy atom. The van der Waals surface area contributed by atoms with E-state index in [1.54, 1.807) is 13.8 Å². The van der Waals surface area contributed by atoms with Crippen LogP contribution in [0.4, 0.5) is 0 Å². The zero-order valence-corrected chi connectivity index (χ0v) is 22.2. The Hall–Kier alpha value is -2.27. The molecule has 0 spiro atoms. The number of fused-ring (bicyclic) bond motifs is 1. The van der Waals surface area contributed by atoms with Gasteiger partial charge in [0.2, 0.25) is 0 Å². The predicted octanol–water partition coefficient (Wildman–Crippen LogP) is 6.50. The van der Waals surface area contributed by atoms with E-state index in [9.17, 15) is 5.11 Å². The van der Waals surface area contributed by atoms with E-state index in [1.807, 2.05) is 18.2 Å². The Balaban J connectivity index is 0.00000408. The summed E-state index contributed by atoms with van der Waals surface area (Å²) < 4.78 is 12.1. The molecule has 0 aromatic heterocycles. The summed E-state index contributed by atoms with van der Waals surface area (Å²) in [6, 6.07) is 21.8. The van der Waals surface area contributed by atoms with Gasteiger partial charge >= 0.3 is 0 Å². The standard InChI is InChI=1S/C29H39NO3.ClH/c1-21(2)30(22(3)4)17-18-32-25-14-11-23(12-15-25)19-27-26-10-8-7-9-24(26)13-16-28(27)33-20-29(5,6)31;/h7-16,21-22,31H,17-20H2,1-6H3;1H. The predicted molar refractivity (Wildman–Crippen MR) is 145 cm³/mol. The average molecular weight is 486 g/mol. The van der Waals surface area contributed by atoms with Crippen molar-refractivity contribution in [1.29, 1.82) is 0 Å². The number of nitrogens with zero attached hydrogens (tertiary/aromatic N) is 1. The second-order valence-corrected chi connectivity index (χ2v) is 9.96. The monoisotopic (exact) mass is 485 g/mol. The van der Waals surface area contributed by atoms with Crippen LogP contribution in [0, 0.1) is 0 Å². The van der Waals surface area contributed by atoms with Gasteiger partial charge in [0.25, 0.3) is 0 Å². The molecule has 0 aliphatic rings. The fraction of sp³-hybridized carbons (Fsp3) is 0.448. The molecule has 3 rings (SSSR count). The first-order chi connectivity index (χ1) is 15.6. The quantitative estimate of drug-likeness (QED) is 0.336. The van der Waals surface area contributed by atoms with Crippen molar-refractivity contribution >= 4 is 23.2 Å². The first-order valence-electron chi connectivity index (χ1n) is 12.0. The van der Waals surface area contributed by atoms with Gasteiger partial charge in [0.05, 0.1) is 5.60 Å². The number of aliphatic hydroxyl groups is 1. The van der Waals surface area contributed by atoms with Crippen molar-refractivity contribution in [3.05, 3.63) is 71.8 Å². The van der Waals surface area contributed by atoms with Gasteiger partial charge in [-0.2, -0.15) is 0 Å². The average Bonchev–Trinajstić information content (AvgIpc) is 2.76. The minimum atomic E-state index is -0.886. The van der Waals surface area contributed by atoms with Gasteiger partial charge in [-0.3, -0.25) is 4.90 Å². The molecule has 3 aromatic rings. The van der Waals surface area contributed by atoms with Gasteiger partial charge in [0.1, 0.15) is 24.7 Å². The second-order valence-electron chi connectivity index (χ2n) is 9.96. The molecule has 3 aromatic carbocycles. The molecule has 0 saturated carbocycles. The third-order valence-corrected chi connectivity index (χ3v) is 5.83. The number of hydrogen-bond donors (Lipinski definition) is 1. The molecule has 0 atom stereocenters. The molecule has 0 radical (unpaired) electrons. The van der Waals surface area contributed by atoms with Crippen molar-refractivity contribution in [2.75, 3.05) is 19.8 Å². The summed E-state index contributed by atoms with van der Waals surface area (Å²) in [5.74, 6) is 1.71. The smallest absolute Gasteiger partial charge is 0.123 e. The van der Waals surface area contributed by atoms with Crippen LogP contribution in [0.25, 0.3) is 10.8 Å². The summed E-state index contributed by atoms with van der Waals surface area (Å²) >= 11 is 0. The highest BCUT2D eigenvalue weighted by atomic mass is 35.5. The number of ether oxygens (including phenoxy) is 2. The van der Waals surface area contributed by atoms with Crippen LogP contribution in [0.2, 0.25) is 0 Å². The maximum atomic E-state index is 10.1. The van der Waals surface area contributed by atoms with Crippen LogP contribution in [-0.4, -0.2) is 47.4 Å². The van der Waals surface area contributed by atoms with Gasteiger partial charge < -0.3 is 14.6 Å². The molecule has 0 saturated heterocycles. The third-order valence-electron chi connectivity index (χ3n) is 5.83. The molecule has 34 heavy (non-hydrogen) atoms. The molecule has 0 amide bonds. The lowest BCUT2D eigenvalue weighted by Gasteiger charge is -2.30. The Morgan fingerprint density at radius 3 is 2.12 bits per heavy atom. The number of rotatable bonds is 11. The molecule has 0 heterocycles. The zero-order valence-electron chi connectivity index (χ0n) is 21.4. The number of benzene rings is 3. The highest BCUT2D eigenvalue weighted by molar-refractivity contribution is 5.88. The van der Waals surface area contributed by atoms with E-state index in [1.165, 1.54) is 16.3 Å². The summed E-state index contributed by atoms with van der Waals surface area (Å²) in [4.78, 5) is 2.43. The highest BCUT2D eigenvalue weighted by Gasteiger charge is 2.17. The molecule has 5 heteroatoms. The van der Waals surface area contributed by atoms with Crippen LogP contribution in [0.15, 0.2) is 60.7 Å². The lowest BCUT2D eigenvalue weighted by Crippen LogP contribution is -2.39. The highest BCUT2D eigenvalue weighted by Crippen LogP contribution is 2.31. The van der Waals surface area contributed by atoms with E-state index in [0.29, 0.717) is 18.7 Å². The fourth-order valence-corrected chi connectivity index (χ4v) is 4.18. The second kappa shape index (κ2) is 12.4. The minimum absolute atomic E-state index is 0. The van der Waals surface area contributed by atoms with E-state index in [2.05, 4.69) is 75.1 Å². The molecule has 1 N–H and O–H groups in total. The molecule has 0 unspecified atom stereocenters.